The van der Waals surface area contributed by atoms with Crippen molar-refractivity contribution in [2.75, 3.05) is 20.7 Å². The summed E-state index contributed by atoms with van der Waals surface area (Å²) in [4.78, 5) is 13.8. The van der Waals surface area contributed by atoms with E-state index in [9.17, 15) is 4.79 Å². The molecule has 13 heavy (non-hydrogen) atoms. The lowest BCUT2D eigenvalue weighted by Crippen LogP contribution is -2.29. The van der Waals surface area contributed by atoms with E-state index in [2.05, 4.69) is 11.9 Å². The molecule has 0 aromatic carbocycles. The van der Waals surface area contributed by atoms with Gasteiger partial charge in [0.05, 0.1) is 13.0 Å². The molecule has 0 radical (unpaired) electrons. The summed E-state index contributed by atoms with van der Waals surface area (Å²) in [6.07, 6.45) is 3.37. The first-order chi connectivity index (χ1) is 6.22. The summed E-state index contributed by atoms with van der Waals surface area (Å²) in [5.74, 6) is 0.723. The Morgan fingerprint density at radius 1 is 1.46 bits per heavy atom. The molecule has 74 valence electrons. The van der Waals surface area contributed by atoms with Gasteiger partial charge in [-0.1, -0.05) is 0 Å². The van der Waals surface area contributed by atoms with Crippen molar-refractivity contribution in [2.45, 2.75) is 25.3 Å². The van der Waals surface area contributed by atoms with Crippen LogP contribution in [0.25, 0.3) is 0 Å². The Bertz CT molecular complexity index is 215. The van der Waals surface area contributed by atoms with E-state index < -0.39 is 0 Å². The number of hydrogen-bond acceptors (Lipinski definition) is 3. The van der Waals surface area contributed by atoms with Gasteiger partial charge in [0.25, 0.3) is 0 Å². The second kappa shape index (κ2) is 3.29. The highest BCUT2D eigenvalue weighted by Gasteiger charge is 2.42. The minimum Gasteiger partial charge on any atom is -0.469 e. The summed E-state index contributed by atoms with van der Waals surface area (Å²) in [6, 6.07) is 0.728. The standard InChI is InChI=1S/C10H17NO2/c1-11-6-7-5-8(11)3-4-9(7)10(12)13-2/h7-9H,3-6H2,1-2H3/t7-,8+,9+/m1/s1. The van der Waals surface area contributed by atoms with Gasteiger partial charge in [-0.15, -0.1) is 0 Å². The molecule has 3 atom stereocenters. The minimum absolute atomic E-state index is 0.00116. The van der Waals surface area contributed by atoms with Crippen molar-refractivity contribution < 1.29 is 9.53 Å². The SMILES string of the molecule is COC(=O)[C@H]1CC[C@H]2C[C@@H]1CN2C. The molecule has 0 spiro atoms. The lowest BCUT2D eigenvalue weighted by Gasteiger charge is -2.25. The van der Waals surface area contributed by atoms with Gasteiger partial charge >= 0.3 is 5.97 Å². The molecule has 0 N–H and O–H groups in total. The maximum atomic E-state index is 11.4. The second-order valence-corrected chi connectivity index (χ2v) is 4.30. The van der Waals surface area contributed by atoms with Crippen LogP contribution < -0.4 is 0 Å². The van der Waals surface area contributed by atoms with Crippen LogP contribution in [0.15, 0.2) is 0 Å². The number of nitrogens with zero attached hydrogens (tertiary/aromatic N) is 1. The van der Waals surface area contributed by atoms with Crippen LogP contribution >= 0.6 is 0 Å². The molecule has 2 rings (SSSR count). The van der Waals surface area contributed by atoms with Crippen molar-refractivity contribution in [1.29, 1.82) is 0 Å². The van der Waals surface area contributed by atoms with Gasteiger partial charge in [-0.3, -0.25) is 4.79 Å². The van der Waals surface area contributed by atoms with E-state index in [-0.39, 0.29) is 11.9 Å². The number of carbonyl (C=O) groups is 1. The average molecular weight is 183 g/mol. The molecule has 0 aromatic heterocycles. The smallest absolute Gasteiger partial charge is 0.308 e. The molecule has 0 aromatic rings. The molecule has 1 saturated carbocycles. The van der Waals surface area contributed by atoms with Crippen LogP contribution in [0.4, 0.5) is 0 Å². The maximum Gasteiger partial charge on any atom is 0.308 e. The van der Waals surface area contributed by atoms with Gasteiger partial charge in [0.15, 0.2) is 0 Å². The predicted octanol–water partition coefficient (Wildman–Crippen LogP) is 0.890. The van der Waals surface area contributed by atoms with E-state index in [0.29, 0.717) is 5.92 Å². The first kappa shape index (κ1) is 9.00. The number of hydrogen-bond donors (Lipinski definition) is 0. The van der Waals surface area contributed by atoms with Crippen molar-refractivity contribution >= 4 is 5.97 Å². The summed E-state index contributed by atoms with van der Waals surface area (Å²) in [5, 5.41) is 0. The Balaban J connectivity index is 2.05. The monoisotopic (exact) mass is 183 g/mol. The third-order valence-electron chi connectivity index (χ3n) is 3.60. The lowest BCUT2D eigenvalue weighted by molar-refractivity contribution is -0.148. The van der Waals surface area contributed by atoms with Crippen molar-refractivity contribution in [1.82, 2.24) is 4.90 Å². The van der Waals surface area contributed by atoms with Crippen molar-refractivity contribution in [2.24, 2.45) is 11.8 Å². The third-order valence-corrected chi connectivity index (χ3v) is 3.60. The Hall–Kier alpha value is -0.570. The Labute approximate surface area is 79.0 Å². The average Bonchev–Trinajstić information content (AvgIpc) is 2.42. The molecular formula is C10H17NO2. The summed E-state index contributed by atoms with van der Waals surface area (Å²) < 4.78 is 4.82. The first-order valence-corrected chi connectivity index (χ1v) is 5.00. The number of likely N-dealkylation sites (tertiary alicyclic amines) is 1. The zero-order valence-electron chi connectivity index (χ0n) is 8.32. The van der Waals surface area contributed by atoms with E-state index in [1.54, 1.807) is 0 Å². The predicted molar refractivity (Wildman–Crippen MR) is 49.3 cm³/mol. The summed E-state index contributed by atoms with van der Waals surface area (Å²) in [5.41, 5.74) is 0. The number of fused-ring (bicyclic) bond motifs is 2. The highest BCUT2D eigenvalue weighted by molar-refractivity contribution is 5.72. The van der Waals surface area contributed by atoms with Crippen LogP contribution in [0.2, 0.25) is 0 Å². The number of methoxy groups -OCH3 is 1. The fourth-order valence-corrected chi connectivity index (χ4v) is 2.82. The molecule has 3 nitrogen and oxygen atoms in total. The van der Waals surface area contributed by atoms with Crippen LogP contribution in [0.1, 0.15) is 19.3 Å². The normalized spacial score (nSPS) is 39.1. The van der Waals surface area contributed by atoms with Crippen LogP contribution in [0.3, 0.4) is 0 Å². The van der Waals surface area contributed by atoms with Gasteiger partial charge in [-0.25, -0.2) is 0 Å². The molecule has 2 bridgehead atoms. The van der Waals surface area contributed by atoms with Crippen molar-refractivity contribution in [3.8, 4) is 0 Å². The lowest BCUT2D eigenvalue weighted by atomic mass is 9.80. The van der Waals surface area contributed by atoms with E-state index in [4.69, 9.17) is 4.74 Å². The summed E-state index contributed by atoms with van der Waals surface area (Å²) in [6.45, 7) is 1.07. The third kappa shape index (κ3) is 1.46. The molecule has 0 unspecified atom stereocenters. The van der Waals surface area contributed by atoms with E-state index >= 15 is 0 Å². The van der Waals surface area contributed by atoms with Crippen molar-refractivity contribution in [3.63, 3.8) is 0 Å². The quantitative estimate of drug-likeness (QED) is 0.565. The number of carbonyl (C=O) groups excluding carboxylic acids is 1. The minimum atomic E-state index is -0.00116. The van der Waals surface area contributed by atoms with Crippen LogP contribution in [-0.2, 0) is 9.53 Å². The fourth-order valence-electron chi connectivity index (χ4n) is 2.82. The molecule has 2 fully saturated rings. The second-order valence-electron chi connectivity index (χ2n) is 4.30. The van der Waals surface area contributed by atoms with Gasteiger partial charge in [0.1, 0.15) is 0 Å². The van der Waals surface area contributed by atoms with E-state index in [1.807, 2.05) is 0 Å². The molecule has 1 heterocycles. The van der Waals surface area contributed by atoms with Crippen LogP contribution in [0.5, 0.6) is 0 Å². The van der Waals surface area contributed by atoms with E-state index in [0.717, 1.165) is 25.4 Å². The van der Waals surface area contributed by atoms with Gasteiger partial charge in [-0.05, 0) is 32.2 Å². The van der Waals surface area contributed by atoms with Gasteiger partial charge in [0, 0.05) is 12.6 Å². The van der Waals surface area contributed by atoms with Crippen LogP contribution in [0, 0.1) is 11.8 Å². The van der Waals surface area contributed by atoms with Crippen LogP contribution in [-0.4, -0.2) is 37.6 Å². The van der Waals surface area contributed by atoms with E-state index in [1.165, 1.54) is 13.5 Å². The summed E-state index contributed by atoms with van der Waals surface area (Å²) in [7, 11) is 3.65. The number of esters is 1. The Morgan fingerprint density at radius 2 is 2.23 bits per heavy atom. The molecule has 1 saturated heterocycles. The molecular weight excluding hydrogens is 166 g/mol. The topological polar surface area (TPSA) is 29.5 Å². The summed E-state index contributed by atoms with van der Waals surface area (Å²) >= 11 is 0. The Kier molecular flexibility index (Phi) is 2.28. The number of rotatable bonds is 1. The molecule has 2 aliphatic rings. The highest BCUT2D eigenvalue weighted by Crippen LogP contribution is 2.38. The van der Waals surface area contributed by atoms with Gasteiger partial charge in [-0.2, -0.15) is 0 Å². The zero-order chi connectivity index (χ0) is 9.42. The molecule has 3 heteroatoms. The Morgan fingerprint density at radius 3 is 2.92 bits per heavy atom. The molecule has 1 aliphatic heterocycles. The van der Waals surface area contributed by atoms with Gasteiger partial charge < -0.3 is 9.64 Å². The number of ether oxygens (including phenoxy) is 1. The first-order valence-electron chi connectivity index (χ1n) is 5.00. The molecule has 0 amide bonds. The fraction of sp³-hybridized carbons (Fsp3) is 0.900. The highest BCUT2D eigenvalue weighted by atomic mass is 16.5. The largest absolute Gasteiger partial charge is 0.469 e. The zero-order valence-corrected chi connectivity index (χ0v) is 8.32. The maximum absolute atomic E-state index is 11.4. The molecule has 1 aliphatic carbocycles. The van der Waals surface area contributed by atoms with Gasteiger partial charge in [0.2, 0.25) is 0 Å². The van der Waals surface area contributed by atoms with Crippen molar-refractivity contribution in [3.05, 3.63) is 0 Å².